The zero-order valence-electron chi connectivity index (χ0n) is 9.49. The molecule has 0 aromatic rings. The Hall–Kier alpha value is 0.220. The Bertz CT molecular complexity index is 245. The summed E-state index contributed by atoms with van der Waals surface area (Å²) in [6.45, 7) is 0. The molecule has 0 heterocycles. The van der Waals surface area contributed by atoms with E-state index in [1.54, 1.807) is 0 Å². The van der Waals surface area contributed by atoms with Gasteiger partial charge in [0.05, 0.1) is 5.41 Å². The molecule has 0 fully saturated rings. The van der Waals surface area contributed by atoms with Crippen molar-refractivity contribution in [2.45, 2.75) is 44.9 Å². The molecule has 0 spiro atoms. The van der Waals surface area contributed by atoms with Gasteiger partial charge in [0.25, 0.3) is 0 Å². The molecule has 0 amide bonds. The predicted molar refractivity (Wildman–Crippen MR) is 68.4 cm³/mol. The molecule has 7 heteroatoms. The summed E-state index contributed by atoms with van der Waals surface area (Å²) < 4.78 is 59.2. The quantitative estimate of drug-likeness (QED) is 0.242. The van der Waals surface area contributed by atoms with Gasteiger partial charge in [-0.3, -0.25) is 0 Å². The molecule has 0 N–H and O–H groups in total. The van der Waals surface area contributed by atoms with Crippen LogP contribution in [0.25, 0.3) is 0 Å². The van der Waals surface area contributed by atoms with Crippen LogP contribution >= 0.6 is 26.2 Å². The van der Waals surface area contributed by atoms with E-state index in [0.29, 0.717) is 12.5 Å². The van der Waals surface area contributed by atoms with Crippen molar-refractivity contribution in [1.29, 1.82) is 0 Å². The summed E-state index contributed by atoms with van der Waals surface area (Å²) in [7, 11) is -9.32. The summed E-state index contributed by atoms with van der Waals surface area (Å²) in [5.74, 6) is 0. The van der Waals surface area contributed by atoms with Crippen LogP contribution in [0, 0.1) is 0 Å². The minimum absolute atomic E-state index is 0.0596. The monoisotopic (exact) mass is 344 g/mol. The maximum absolute atomic E-state index is 11.8. The number of alkyl halides is 1. The van der Waals surface area contributed by atoms with Gasteiger partial charge in [-0.05, 0) is 19.3 Å². The maximum Gasteiger partial charge on any atom is 0.304 e. The lowest BCUT2D eigenvalue weighted by Crippen LogP contribution is -1.98. The van der Waals surface area contributed by atoms with Gasteiger partial charge in [-0.15, -0.1) is 0 Å². The number of unbranched alkanes of at least 4 members (excludes halogenated alkanes) is 6. The van der Waals surface area contributed by atoms with Gasteiger partial charge in [0, 0.05) is 5.33 Å². The highest BCUT2D eigenvalue weighted by Crippen LogP contribution is 2.98. The van der Waals surface area contributed by atoms with Crippen LogP contribution in [0.5, 0.6) is 0 Å². The normalized spacial score (nSPS) is 17.1. The van der Waals surface area contributed by atoms with E-state index in [2.05, 4.69) is 15.9 Å². The molecule has 0 unspecified atom stereocenters. The molecule has 0 aliphatic carbocycles. The number of hydrogen-bond donors (Lipinski definition) is 0. The van der Waals surface area contributed by atoms with E-state index in [0.717, 1.165) is 37.4 Å². The smallest absolute Gasteiger partial charge is 0.0942 e. The summed E-state index contributed by atoms with van der Waals surface area (Å²) in [6, 6.07) is 0. The summed E-state index contributed by atoms with van der Waals surface area (Å²) in [5, 5.41) is 0.116. The van der Waals surface area contributed by atoms with E-state index in [4.69, 9.17) is 0 Å². The molecule has 0 bridgehead atoms. The molecule has 0 saturated carbocycles. The van der Waals surface area contributed by atoms with E-state index in [-0.39, 0.29) is 6.42 Å². The first-order valence-electron chi connectivity index (χ1n) is 5.52. The fraction of sp³-hybridized carbons (Fsp3) is 0.800. The Balaban J connectivity index is 3.57. The van der Waals surface area contributed by atoms with Crippen LogP contribution in [0.15, 0.2) is 11.5 Å². The Morgan fingerprint density at radius 2 is 1.24 bits per heavy atom. The second-order valence-electron chi connectivity index (χ2n) is 4.00. The summed E-state index contributed by atoms with van der Waals surface area (Å²) in [4.78, 5) is 0. The summed E-state index contributed by atoms with van der Waals surface area (Å²) in [5.41, 5.74) is 0. The molecule has 0 aromatic carbocycles. The SMILES string of the molecule is FS(F)(F)(F)(F)C=CCCCCCCCCBr. The van der Waals surface area contributed by atoms with Gasteiger partial charge in [-0.25, -0.2) is 0 Å². The molecular formula is C10H18BrF5S. The van der Waals surface area contributed by atoms with Crippen molar-refractivity contribution < 1.29 is 19.4 Å². The Morgan fingerprint density at radius 3 is 1.71 bits per heavy atom. The highest BCUT2D eigenvalue weighted by Gasteiger charge is 2.60. The highest BCUT2D eigenvalue weighted by molar-refractivity contribution is 9.09. The Morgan fingerprint density at radius 1 is 0.765 bits per heavy atom. The summed E-state index contributed by atoms with van der Waals surface area (Å²) >= 11 is 3.30. The van der Waals surface area contributed by atoms with E-state index < -0.39 is 15.6 Å². The molecular weight excluding hydrogens is 327 g/mol. The molecule has 0 atom stereocenters. The molecule has 106 valence electrons. The lowest BCUT2D eigenvalue weighted by atomic mass is 10.1. The molecule has 0 rings (SSSR count). The minimum Gasteiger partial charge on any atom is -0.0942 e. The first kappa shape index (κ1) is 17.2. The van der Waals surface area contributed by atoms with Crippen LogP contribution in [0.4, 0.5) is 19.4 Å². The van der Waals surface area contributed by atoms with Crippen LogP contribution in [0.3, 0.4) is 0 Å². The molecule has 0 aromatic heterocycles. The average Bonchev–Trinajstić information content (AvgIpc) is 2.11. The average molecular weight is 345 g/mol. The lowest BCUT2D eigenvalue weighted by Gasteiger charge is -2.36. The van der Waals surface area contributed by atoms with Crippen molar-refractivity contribution in [1.82, 2.24) is 0 Å². The largest absolute Gasteiger partial charge is 0.304 e. The molecule has 0 radical (unpaired) electrons. The summed E-state index contributed by atoms with van der Waals surface area (Å²) in [6.07, 6.45) is 6.07. The van der Waals surface area contributed by atoms with Crippen molar-refractivity contribution in [3.63, 3.8) is 0 Å². The third-order valence-electron chi connectivity index (χ3n) is 2.11. The fourth-order valence-electron chi connectivity index (χ4n) is 1.31. The Labute approximate surface area is 108 Å². The predicted octanol–water partition coefficient (Wildman–Crippen LogP) is 6.92. The third-order valence-corrected chi connectivity index (χ3v) is 3.38. The molecule has 0 aliphatic rings. The highest BCUT2D eigenvalue weighted by atomic mass is 79.9. The van der Waals surface area contributed by atoms with Gasteiger partial charge in [-0.2, -0.15) is 0 Å². The van der Waals surface area contributed by atoms with Gasteiger partial charge in [0.2, 0.25) is 0 Å². The standard InChI is InChI=1S/C10H18BrF5S/c11-9-7-5-3-1-2-4-6-8-10-17(12,13,14,15)16/h8,10H,1-7,9H2. The van der Waals surface area contributed by atoms with Crippen LogP contribution in [0.2, 0.25) is 0 Å². The van der Waals surface area contributed by atoms with Gasteiger partial charge >= 0.3 is 10.2 Å². The van der Waals surface area contributed by atoms with Crippen LogP contribution in [-0.2, 0) is 0 Å². The number of halogens is 6. The van der Waals surface area contributed by atoms with Crippen molar-refractivity contribution in [2.24, 2.45) is 0 Å². The van der Waals surface area contributed by atoms with E-state index in [1.807, 2.05) is 0 Å². The zero-order chi connectivity index (χ0) is 13.5. The van der Waals surface area contributed by atoms with Gasteiger partial charge in [-0.1, -0.05) is 67.1 Å². The third kappa shape index (κ3) is 16.2. The van der Waals surface area contributed by atoms with Crippen molar-refractivity contribution in [3.05, 3.63) is 11.5 Å². The second kappa shape index (κ2) is 5.91. The van der Waals surface area contributed by atoms with Crippen LogP contribution < -0.4 is 0 Å². The van der Waals surface area contributed by atoms with Gasteiger partial charge in [0.1, 0.15) is 0 Å². The van der Waals surface area contributed by atoms with Gasteiger partial charge < -0.3 is 0 Å². The molecule has 0 saturated heterocycles. The van der Waals surface area contributed by atoms with Crippen molar-refractivity contribution in [3.8, 4) is 0 Å². The zero-order valence-corrected chi connectivity index (χ0v) is 11.9. The van der Waals surface area contributed by atoms with Crippen molar-refractivity contribution >= 4 is 26.2 Å². The van der Waals surface area contributed by atoms with Gasteiger partial charge in [0.15, 0.2) is 0 Å². The Kier molecular flexibility index (Phi) is 5.98. The van der Waals surface area contributed by atoms with E-state index >= 15 is 0 Å². The van der Waals surface area contributed by atoms with Crippen molar-refractivity contribution in [2.75, 3.05) is 5.33 Å². The van der Waals surface area contributed by atoms with Crippen LogP contribution in [-0.4, -0.2) is 5.33 Å². The topological polar surface area (TPSA) is 0 Å². The second-order valence-corrected chi connectivity index (χ2v) is 7.12. The fourth-order valence-corrected chi connectivity index (χ4v) is 2.21. The minimum atomic E-state index is -9.32. The van der Waals surface area contributed by atoms with E-state index in [9.17, 15) is 19.4 Å². The lowest BCUT2D eigenvalue weighted by molar-refractivity contribution is 0.384. The molecule has 0 nitrogen and oxygen atoms in total. The van der Waals surface area contributed by atoms with E-state index in [1.165, 1.54) is 0 Å². The molecule has 0 aliphatic heterocycles. The van der Waals surface area contributed by atoms with Crippen LogP contribution in [0.1, 0.15) is 44.9 Å². The first-order chi connectivity index (χ1) is 7.54. The first-order valence-corrected chi connectivity index (χ1v) is 8.65. The number of rotatable bonds is 9. The number of allylic oxidation sites excluding steroid dienone is 1. The number of hydrogen-bond acceptors (Lipinski definition) is 0. The molecule has 17 heavy (non-hydrogen) atoms. The maximum atomic E-state index is 11.8.